The Morgan fingerprint density at radius 3 is 1.99 bits per heavy atom. The molecule has 3 aliphatic carbocycles. The van der Waals surface area contributed by atoms with Crippen molar-refractivity contribution in [3.8, 4) is 0 Å². The van der Waals surface area contributed by atoms with Crippen LogP contribution in [0.5, 0.6) is 0 Å². The maximum absolute atomic E-state index is 16.2. The van der Waals surface area contributed by atoms with Gasteiger partial charge in [-0.15, -0.1) is 0 Å². The molecule has 8 rings (SSSR count). The highest BCUT2D eigenvalue weighted by molar-refractivity contribution is 6.68. The first-order valence-corrected chi connectivity index (χ1v) is 24.1. The van der Waals surface area contributed by atoms with E-state index < -0.39 is 122 Å². The van der Waals surface area contributed by atoms with Gasteiger partial charge in [0.1, 0.15) is 36.1 Å². The van der Waals surface area contributed by atoms with E-state index in [-0.39, 0.29) is 35.6 Å². The van der Waals surface area contributed by atoms with E-state index in [2.05, 4.69) is 0 Å². The Hall–Kier alpha value is -5.52. The van der Waals surface area contributed by atoms with Gasteiger partial charge >= 0.3 is 30.0 Å². The predicted molar refractivity (Wildman–Crippen MR) is 255 cm³/mol. The molecule has 1 N–H and O–H groups in total. The predicted octanol–water partition coefficient (Wildman–Crippen LogP) is 8.10. The van der Waals surface area contributed by atoms with Crippen molar-refractivity contribution in [2.24, 2.45) is 21.7 Å². The van der Waals surface area contributed by atoms with Gasteiger partial charge < -0.3 is 43.0 Å². The fourth-order valence-electron chi connectivity index (χ4n) is 11.0. The molecule has 3 fully saturated rings. The molecule has 11 atom stereocenters. The highest BCUT2D eigenvalue weighted by Gasteiger charge is 2.79. The summed E-state index contributed by atoms with van der Waals surface area (Å²) >= 11 is 18.5. The summed E-state index contributed by atoms with van der Waals surface area (Å²) < 4.78 is 47.1. The van der Waals surface area contributed by atoms with Crippen molar-refractivity contribution >= 4 is 76.5 Å². The normalized spacial score (nSPS) is 31.9. The van der Waals surface area contributed by atoms with E-state index >= 15 is 4.79 Å². The van der Waals surface area contributed by atoms with E-state index in [0.717, 1.165) is 13.8 Å². The van der Waals surface area contributed by atoms with Crippen LogP contribution >= 0.6 is 34.8 Å². The molecule has 2 aliphatic heterocycles. The van der Waals surface area contributed by atoms with E-state index in [9.17, 15) is 29.1 Å². The standard InChI is InChI=1S/C52H54Cl3NO15/c1-27-33(66-45(61)39-37(30-18-12-9-13-19-30)56-43(68-39)31-20-14-10-15-21-31)25-51(63)42(69-44(60)32-22-16-11-17-23-32)40-49(8,41(59)38(65-28(2)57)36(27)47(51,4)5)34(24-35-50(40,26-64-35)70-29(3)58)67-46(62)71-48(6,7)52(53,54)55/h9-23,33-35,37-40,42,63H,24-26H2,1-8H3/t33-,34-,35+,37-,38+,39+,40-,42-,49+,50-,51+/m0/s1. The number of esters is 4. The minimum Gasteiger partial charge on any atom is -0.459 e. The van der Waals surface area contributed by atoms with Gasteiger partial charge in [-0.25, -0.2) is 19.4 Å². The zero-order valence-corrected chi connectivity index (χ0v) is 42.4. The number of carbonyl (C=O) groups is 6. The van der Waals surface area contributed by atoms with Gasteiger partial charge in [0.05, 0.1) is 23.5 Å². The fraction of sp³-hybridized carbons (Fsp3) is 0.481. The van der Waals surface area contributed by atoms with Crippen LogP contribution in [0, 0.1) is 16.7 Å². The summed E-state index contributed by atoms with van der Waals surface area (Å²) in [5, 5.41) is 14.1. The molecule has 0 unspecified atom stereocenters. The van der Waals surface area contributed by atoms with Crippen LogP contribution in [0.1, 0.15) is 95.8 Å². The number of Topliss-reactive ketones (excluding diaryl/α,β-unsaturated/α-hetero) is 1. The van der Waals surface area contributed by atoms with E-state index in [1.165, 1.54) is 32.9 Å². The molecule has 2 heterocycles. The zero-order valence-electron chi connectivity index (χ0n) is 40.1. The third kappa shape index (κ3) is 8.97. The maximum atomic E-state index is 16.2. The number of benzene rings is 3. The van der Waals surface area contributed by atoms with Crippen LogP contribution in [-0.4, -0.2) is 111 Å². The smallest absolute Gasteiger partial charge is 0.459 e. The summed E-state index contributed by atoms with van der Waals surface area (Å²) in [4.78, 5) is 91.2. The molecule has 5 aliphatic rings. The third-order valence-electron chi connectivity index (χ3n) is 14.8. The van der Waals surface area contributed by atoms with Crippen molar-refractivity contribution in [2.45, 2.75) is 131 Å². The number of halogens is 3. The van der Waals surface area contributed by atoms with Gasteiger partial charge in [0.25, 0.3) is 0 Å². The van der Waals surface area contributed by atoms with Crippen LogP contribution in [0.15, 0.2) is 107 Å². The monoisotopic (exact) mass is 1040 g/mol. The second kappa shape index (κ2) is 18.8. The number of rotatable bonds is 10. The van der Waals surface area contributed by atoms with Gasteiger partial charge in [0, 0.05) is 37.7 Å². The van der Waals surface area contributed by atoms with Crippen molar-refractivity contribution < 1.29 is 71.8 Å². The summed E-state index contributed by atoms with van der Waals surface area (Å²) in [7, 11) is 0. The van der Waals surface area contributed by atoms with Gasteiger partial charge in [-0.05, 0) is 68.7 Å². The number of fused-ring (bicyclic) bond motifs is 5. The lowest BCUT2D eigenvalue weighted by Gasteiger charge is -2.67. The second-order valence-corrected chi connectivity index (χ2v) is 22.1. The Morgan fingerprint density at radius 2 is 1.42 bits per heavy atom. The second-order valence-electron chi connectivity index (χ2n) is 19.8. The highest BCUT2D eigenvalue weighted by Crippen LogP contribution is 2.65. The van der Waals surface area contributed by atoms with E-state index in [4.69, 9.17) is 77.7 Å². The van der Waals surface area contributed by atoms with Crippen LogP contribution in [0.4, 0.5) is 4.79 Å². The van der Waals surface area contributed by atoms with Crippen LogP contribution in [0.2, 0.25) is 0 Å². The average Bonchev–Trinajstić information content (AvgIpc) is 3.76. The van der Waals surface area contributed by atoms with Crippen LogP contribution in [0.25, 0.3) is 0 Å². The summed E-state index contributed by atoms with van der Waals surface area (Å²) in [6, 6.07) is 24.9. The van der Waals surface area contributed by atoms with E-state index in [1.54, 1.807) is 87.5 Å². The van der Waals surface area contributed by atoms with Gasteiger partial charge in [0.2, 0.25) is 15.8 Å². The lowest BCUT2D eigenvalue weighted by Crippen LogP contribution is -2.82. The molecule has 1 saturated heterocycles. The number of aliphatic imine (C=N–C) groups is 1. The molecule has 16 nitrogen and oxygen atoms in total. The Bertz CT molecular complexity index is 2670. The topological polar surface area (TPSA) is 209 Å². The number of ketones is 1. The van der Waals surface area contributed by atoms with Crippen molar-refractivity contribution in [3.63, 3.8) is 0 Å². The molecule has 19 heteroatoms. The molecule has 71 heavy (non-hydrogen) atoms. The average molecular weight is 1040 g/mol. The van der Waals surface area contributed by atoms with Crippen LogP contribution < -0.4 is 0 Å². The molecular formula is C52H54Cl3NO15. The minimum absolute atomic E-state index is 0.00922. The third-order valence-corrected chi connectivity index (χ3v) is 16.2. The number of hydrogen-bond donors (Lipinski definition) is 1. The number of hydrogen-bond acceptors (Lipinski definition) is 16. The quantitative estimate of drug-likeness (QED) is 0.0881. The van der Waals surface area contributed by atoms with Crippen molar-refractivity contribution in [1.29, 1.82) is 0 Å². The molecule has 0 aromatic heterocycles. The first-order valence-electron chi connectivity index (χ1n) is 23.0. The lowest BCUT2D eigenvalue weighted by atomic mass is 9.44. The molecule has 378 valence electrons. The molecule has 3 aromatic carbocycles. The molecule has 0 spiro atoms. The zero-order chi connectivity index (χ0) is 51.6. The number of ether oxygens (including phenoxy) is 8. The molecule has 2 bridgehead atoms. The maximum Gasteiger partial charge on any atom is 0.509 e. The van der Waals surface area contributed by atoms with Crippen molar-refractivity contribution in [3.05, 3.63) is 119 Å². The lowest BCUT2D eigenvalue weighted by molar-refractivity contribution is -0.346. The van der Waals surface area contributed by atoms with E-state index in [0.29, 0.717) is 11.1 Å². The first kappa shape index (κ1) is 51.8. The Labute approximate surface area is 425 Å². The molecular weight excluding hydrogens is 985 g/mol. The molecule has 0 amide bonds. The van der Waals surface area contributed by atoms with Gasteiger partial charge in [-0.1, -0.05) is 115 Å². The first-order chi connectivity index (χ1) is 33.3. The van der Waals surface area contributed by atoms with Crippen molar-refractivity contribution in [2.75, 3.05) is 6.61 Å². The summed E-state index contributed by atoms with van der Waals surface area (Å²) in [6.45, 7) is 10.6. The van der Waals surface area contributed by atoms with Gasteiger partial charge in [-0.2, -0.15) is 0 Å². The van der Waals surface area contributed by atoms with Crippen LogP contribution in [0.3, 0.4) is 0 Å². The molecule has 3 aromatic rings. The molecule has 0 radical (unpaired) electrons. The SMILES string of the molecule is CC(=O)O[C@H]1C(=O)[C@]2(C)[C@@H](OC(=O)OC(C)(C)C(Cl)(Cl)Cl)C[C@H]3OC[C@@]3(OC(C)=O)[C@H]2[C@H](OC(=O)c2ccccc2)[C@]2(O)C[C@H](OC(=O)[C@@H]3OC(c4ccccc4)=N[C@H]3c3ccccc3)C(C)=C1C2(C)C. The number of nitrogens with zero attached hydrogens (tertiary/aromatic N) is 1. The number of aliphatic hydroxyl groups is 1. The molecule has 2 saturated carbocycles. The van der Waals surface area contributed by atoms with Crippen LogP contribution in [-0.2, 0) is 57.1 Å². The minimum atomic E-state index is -2.45. The van der Waals surface area contributed by atoms with Gasteiger partial charge in [0.15, 0.2) is 23.1 Å². The number of alkyl halides is 3. The van der Waals surface area contributed by atoms with Crippen molar-refractivity contribution in [1.82, 2.24) is 0 Å². The fourth-order valence-corrected chi connectivity index (χ4v) is 11.1. The van der Waals surface area contributed by atoms with E-state index in [1.807, 2.05) is 12.1 Å². The Morgan fingerprint density at radius 1 is 0.817 bits per heavy atom. The number of carbonyl (C=O) groups excluding carboxylic acids is 6. The largest absolute Gasteiger partial charge is 0.509 e. The van der Waals surface area contributed by atoms with Gasteiger partial charge in [-0.3, -0.25) is 14.4 Å². The summed E-state index contributed by atoms with van der Waals surface area (Å²) in [5.41, 5.74) is -8.63. The summed E-state index contributed by atoms with van der Waals surface area (Å²) in [5.74, 6) is -6.06. The highest BCUT2D eigenvalue weighted by atomic mass is 35.6. The Kier molecular flexibility index (Phi) is 13.7. The summed E-state index contributed by atoms with van der Waals surface area (Å²) in [6.07, 6.45) is -11.7. The Balaban J connectivity index is 1.32.